The van der Waals surface area contributed by atoms with Gasteiger partial charge in [-0.05, 0) is 38.9 Å². The Labute approximate surface area is 159 Å². The second-order valence-corrected chi connectivity index (χ2v) is 7.52. The molecule has 0 aliphatic rings. The van der Waals surface area contributed by atoms with Crippen LogP contribution in [-0.2, 0) is 0 Å². The molecule has 0 aliphatic heterocycles. The van der Waals surface area contributed by atoms with Crippen LogP contribution in [0.25, 0.3) is 0 Å². The van der Waals surface area contributed by atoms with E-state index in [0.29, 0.717) is 0 Å². The molecule has 0 unspecified atom stereocenters. The summed E-state index contributed by atoms with van der Waals surface area (Å²) in [5.74, 6) is 0. The Bertz CT molecular complexity index is 233. The van der Waals surface area contributed by atoms with Gasteiger partial charge in [0, 0.05) is 26.2 Å². The second kappa shape index (κ2) is 21.9. The summed E-state index contributed by atoms with van der Waals surface area (Å²) < 4.78 is 0. The van der Waals surface area contributed by atoms with Gasteiger partial charge in [-0.2, -0.15) is 0 Å². The van der Waals surface area contributed by atoms with Crippen molar-refractivity contribution >= 4 is 0 Å². The maximum Gasteiger partial charge on any atom is 0.0107 e. The zero-order valence-corrected chi connectivity index (χ0v) is 17.9. The lowest BCUT2D eigenvalue weighted by atomic mass is 10.1. The number of nitrogens with zero attached hydrogens (tertiary/aromatic N) is 1. The molecule has 0 saturated carbocycles. The van der Waals surface area contributed by atoms with Gasteiger partial charge in [0.05, 0.1) is 0 Å². The van der Waals surface area contributed by atoms with E-state index in [1.807, 2.05) is 0 Å². The van der Waals surface area contributed by atoms with E-state index in [1.54, 1.807) is 0 Å². The monoisotopic (exact) mass is 355 g/mol. The first kappa shape index (κ1) is 24.9. The highest BCUT2D eigenvalue weighted by atomic mass is 15.1. The Morgan fingerprint density at radius 1 is 0.440 bits per heavy atom. The van der Waals surface area contributed by atoms with Gasteiger partial charge < -0.3 is 15.5 Å². The Morgan fingerprint density at radius 3 is 1.48 bits per heavy atom. The van der Waals surface area contributed by atoms with E-state index in [-0.39, 0.29) is 0 Å². The van der Waals surface area contributed by atoms with Crippen LogP contribution in [0.1, 0.15) is 97.8 Å². The molecule has 0 bridgehead atoms. The molecule has 0 rings (SSSR count). The smallest absolute Gasteiger partial charge is 0.0107 e. The molecule has 0 aromatic carbocycles. The molecular weight excluding hydrogens is 306 g/mol. The largest absolute Gasteiger partial charge is 0.315 e. The first-order chi connectivity index (χ1) is 12.3. The predicted octanol–water partition coefficient (Wildman–Crippen LogP) is 5.21. The maximum absolute atomic E-state index is 3.64. The summed E-state index contributed by atoms with van der Waals surface area (Å²) in [5, 5.41) is 7.15. The minimum Gasteiger partial charge on any atom is -0.315 e. The Morgan fingerprint density at radius 2 is 0.960 bits per heavy atom. The number of unbranched alkanes of at least 4 members (excludes halogenated alkanes) is 9. The number of nitrogens with one attached hydrogen (secondary N) is 2. The lowest BCUT2D eigenvalue weighted by Gasteiger charge is -2.22. The minimum atomic E-state index is 1.13. The summed E-state index contributed by atoms with van der Waals surface area (Å²) in [6.45, 7) is 15.0. The van der Waals surface area contributed by atoms with Gasteiger partial charge in [-0.15, -0.1) is 0 Å². The first-order valence-electron chi connectivity index (χ1n) is 11.5. The average molecular weight is 356 g/mol. The highest BCUT2D eigenvalue weighted by Gasteiger charge is 2.02. The molecule has 0 aliphatic carbocycles. The molecule has 0 heterocycles. The molecule has 152 valence electrons. The summed E-state index contributed by atoms with van der Waals surface area (Å²) in [6, 6.07) is 0. The molecule has 25 heavy (non-hydrogen) atoms. The van der Waals surface area contributed by atoms with Crippen LogP contribution in [0.2, 0.25) is 0 Å². The summed E-state index contributed by atoms with van der Waals surface area (Å²) in [4.78, 5) is 2.59. The van der Waals surface area contributed by atoms with Crippen molar-refractivity contribution in [2.45, 2.75) is 97.8 Å². The molecule has 0 aromatic rings. The highest BCUT2D eigenvalue weighted by Crippen LogP contribution is 2.10. The number of rotatable bonds is 21. The van der Waals surface area contributed by atoms with Crippen LogP contribution in [0.4, 0.5) is 0 Å². The minimum absolute atomic E-state index is 1.13. The van der Waals surface area contributed by atoms with E-state index >= 15 is 0 Å². The Hall–Kier alpha value is -0.120. The van der Waals surface area contributed by atoms with Crippen molar-refractivity contribution in [1.29, 1.82) is 0 Å². The molecule has 2 N–H and O–H groups in total. The van der Waals surface area contributed by atoms with Gasteiger partial charge in [0.1, 0.15) is 0 Å². The fourth-order valence-electron chi connectivity index (χ4n) is 3.29. The zero-order chi connectivity index (χ0) is 18.4. The van der Waals surface area contributed by atoms with Crippen LogP contribution >= 0.6 is 0 Å². The SMILES string of the molecule is CCCCCCCCCCCCNCCN(CCC)CCNCCC. The summed E-state index contributed by atoms with van der Waals surface area (Å²) in [5.41, 5.74) is 0. The van der Waals surface area contributed by atoms with Gasteiger partial charge in [-0.3, -0.25) is 0 Å². The van der Waals surface area contributed by atoms with Crippen LogP contribution in [0.15, 0.2) is 0 Å². The van der Waals surface area contributed by atoms with Gasteiger partial charge in [0.2, 0.25) is 0 Å². The van der Waals surface area contributed by atoms with Crippen molar-refractivity contribution < 1.29 is 0 Å². The third-order valence-electron chi connectivity index (χ3n) is 4.88. The fourth-order valence-corrected chi connectivity index (χ4v) is 3.29. The Balaban J connectivity index is 3.30. The van der Waals surface area contributed by atoms with Crippen LogP contribution in [0, 0.1) is 0 Å². The second-order valence-electron chi connectivity index (χ2n) is 7.52. The summed E-state index contributed by atoms with van der Waals surface area (Å²) in [7, 11) is 0. The molecule has 3 nitrogen and oxygen atoms in total. The third-order valence-corrected chi connectivity index (χ3v) is 4.88. The molecule has 0 saturated heterocycles. The number of hydrogen-bond donors (Lipinski definition) is 2. The van der Waals surface area contributed by atoms with Crippen molar-refractivity contribution in [2.24, 2.45) is 0 Å². The van der Waals surface area contributed by atoms with Crippen LogP contribution < -0.4 is 10.6 Å². The third kappa shape index (κ3) is 20.0. The lowest BCUT2D eigenvalue weighted by Crippen LogP contribution is -2.37. The quantitative estimate of drug-likeness (QED) is 0.277. The lowest BCUT2D eigenvalue weighted by molar-refractivity contribution is 0.273. The van der Waals surface area contributed by atoms with Crippen molar-refractivity contribution in [3.63, 3.8) is 0 Å². The van der Waals surface area contributed by atoms with Gasteiger partial charge >= 0.3 is 0 Å². The van der Waals surface area contributed by atoms with E-state index in [0.717, 1.165) is 19.6 Å². The normalized spacial score (nSPS) is 11.5. The molecule has 0 amide bonds. The molecule has 3 heteroatoms. The van der Waals surface area contributed by atoms with E-state index in [1.165, 1.54) is 103 Å². The summed E-state index contributed by atoms with van der Waals surface area (Å²) in [6.07, 6.45) is 16.7. The van der Waals surface area contributed by atoms with Crippen molar-refractivity contribution in [3.8, 4) is 0 Å². The van der Waals surface area contributed by atoms with Gasteiger partial charge in [0.25, 0.3) is 0 Å². The van der Waals surface area contributed by atoms with Crippen LogP contribution in [-0.4, -0.2) is 50.7 Å². The van der Waals surface area contributed by atoms with E-state index in [4.69, 9.17) is 0 Å². The molecule has 0 fully saturated rings. The highest BCUT2D eigenvalue weighted by molar-refractivity contribution is 4.61. The topological polar surface area (TPSA) is 27.3 Å². The van der Waals surface area contributed by atoms with Gasteiger partial charge in [0.15, 0.2) is 0 Å². The van der Waals surface area contributed by atoms with E-state index in [9.17, 15) is 0 Å². The summed E-state index contributed by atoms with van der Waals surface area (Å²) >= 11 is 0. The molecule has 0 spiro atoms. The van der Waals surface area contributed by atoms with Gasteiger partial charge in [-0.25, -0.2) is 0 Å². The molecule has 0 aromatic heterocycles. The van der Waals surface area contributed by atoms with Crippen LogP contribution in [0.5, 0.6) is 0 Å². The maximum atomic E-state index is 3.64. The van der Waals surface area contributed by atoms with E-state index in [2.05, 4.69) is 36.3 Å². The van der Waals surface area contributed by atoms with Crippen molar-refractivity contribution in [3.05, 3.63) is 0 Å². The van der Waals surface area contributed by atoms with Gasteiger partial charge in [-0.1, -0.05) is 78.6 Å². The molecule has 0 radical (unpaired) electrons. The van der Waals surface area contributed by atoms with E-state index < -0.39 is 0 Å². The zero-order valence-electron chi connectivity index (χ0n) is 17.9. The number of hydrogen-bond acceptors (Lipinski definition) is 3. The standard InChI is InChI=1S/C22H49N3/c1-4-7-8-9-10-11-12-13-14-15-17-24-19-22-25(20-6-3)21-18-23-16-5-2/h23-24H,4-22H2,1-3H3. The Kier molecular flexibility index (Phi) is 21.8. The van der Waals surface area contributed by atoms with Crippen LogP contribution in [0.3, 0.4) is 0 Å². The molecule has 0 atom stereocenters. The first-order valence-corrected chi connectivity index (χ1v) is 11.5. The molecular formula is C22H49N3. The van der Waals surface area contributed by atoms with Crippen molar-refractivity contribution in [1.82, 2.24) is 15.5 Å². The average Bonchev–Trinajstić information content (AvgIpc) is 2.62. The fraction of sp³-hybridized carbons (Fsp3) is 1.00. The van der Waals surface area contributed by atoms with Crippen molar-refractivity contribution in [2.75, 3.05) is 45.8 Å². The predicted molar refractivity (Wildman–Crippen MR) is 115 cm³/mol.